The zero-order valence-electron chi connectivity index (χ0n) is 17.6. The Labute approximate surface area is 204 Å². The van der Waals surface area contributed by atoms with Gasteiger partial charge in [-0.3, -0.25) is 14.9 Å². The maximum Gasteiger partial charge on any atom is 0.411 e. The third-order valence-electron chi connectivity index (χ3n) is 5.27. The van der Waals surface area contributed by atoms with E-state index in [4.69, 9.17) is 16.3 Å². The zero-order valence-corrected chi connectivity index (χ0v) is 19.2. The van der Waals surface area contributed by atoms with Gasteiger partial charge < -0.3 is 20.1 Å². The third-order valence-corrected chi connectivity index (χ3v) is 6.72. The summed E-state index contributed by atoms with van der Waals surface area (Å²) in [5, 5.41) is 16.4. The molecule has 0 bridgehead atoms. The molecular formula is C23H20ClN3O6S. The number of nitrogens with one attached hydrogen (secondary N) is 2. The molecule has 1 fully saturated rings. The van der Waals surface area contributed by atoms with Crippen molar-refractivity contribution in [1.82, 2.24) is 10.2 Å². The first-order chi connectivity index (χ1) is 16.3. The molecule has 3 N–H and O–H groups in total. The molecule has 2 aliphatic heterocycles. The van der Waals surface area contributed by atoms with Crippen molar-refractivity contribution in [2.24, 2.45) is 0 Å². The lowest BCUT2D eigenvalue weighted by Crippen LogP contribution is -2.74. The van der Waals surface area contributed by atoms with Crippen LogP contribution in [-0.4, -0.2) is 57.9 Å². The number of carboxylic acid groups (broad SMARTS) is 1. The molecule has 2 heterocycles. The van der Waals surface area contributed by atoms with Gasteiger partial charge in [-0.05, 0) is 29.2 Å². The molecular weight excluding hydrogens is 482 g/mol. The van der Waals surface area contributed by atoms with Crippen molar-refractivity contribution in [2.75, 3.05) is 11.9 Å². The Bertz CT molecular complexity index is 1160. The number of nitrogens with zero attached hydrogens (tertiary/aromatic N) is 1. The monoisotopic (exact) mass is 501 g/mol. The van der Waals surface area contributed by atoms with Gasteiger partial charge >= 0.3 is 12.1 Å². The number of ether oxygens (including phenoxy) is 1. The molecule has 2 aliphatic rings. The summed E-state index contributed by atoms with van der Waals surface area (Å²) < 4.78 is 5.16. The molecule has 2 aromatic rings. The third kappa shape index (κ3) is 5.18. The van der Waals surface area contributed by atoms with Crippen molar-refractivity contribution >= 4 is 52.9 Å². The van der Waals surface area contributed by atoms with E-state index in [1.807, 2.05) is 30.3 Å². The number of hydrogen-bond acceptors (Lipinski definition) is 6. The fourth-order valence-corrected chi connectivity index (χ4v) is 5.10. The van der Waals surface area contributed by atoms with Crippen LogP contribution in [0.3, 0.4) is 0 Å². The number of rotatable bonds is 7. The lowest BCUT2D eigenvalue weighted by molar-refractivity contribution is -0.160. The van der Waals surface area contributed by atoms with Gasteiger partial charge in [0.2, 0.25) is 11.8 Å². The summed E-state index contributed by atoms with van der Waals surface area (Å²) in [6, 6.07) is 13.4. The molecule has 34 heavy (non-hydrogen) atoms. The topological polar surface area (TPSA) is 125 Å². The van der Waals surface area contributed by atoms with Gasteiger partial charge in [-0.2, -0.15) is 0 Å². The van der Waals surface area contributed by atoms with Crippen molar-refractivity contribution in [2.45, 2.75) is 23.9 Å². The van der Waals surface area contributed by atoms with Gasteiger partial charge in [-0.25, -0.2) is 9.59 Å². The number of β-lactam (4-membered cyclic amide) rings is 1. The molecule has 0 saturated carbocycles. The fourth-order valence-electron chi connectivity index (χ4n) is 3.70. The normalized spacial score (nSPS) is 21.0. The Balaban J connectivity index is 1.36. The summed E-state index contributed by atoms with van der Waals surface area (Å²) in [5.74, 6) is -2.08. The smallest absolute Gasteiger partial charge is 0.411 e. The molecule has 4 rings (SSSR count). The van der Waals surface area contributed by atoms with E-state index in [9.17, 15) is 24.3 Å². The van der Waals surface area contributed by atoms with Gasteiger partial charge in [0.25, 0.3) is 0 Å². The van der Waals surface area contributed by atoms with Crippen LogP contribution in [0.1, 0.15) is 5.56 Å². The van der Waals surface area contributed by atoms with Gasteiger partial charge in [0.1, 0.15) is 18.0 Å². The Hall–Kier alpha value is -3.50. The number of carbonyl (C=O) groups is 4. The highest BCUT2D eigenvalue weighted by atomic mass is 35.5. The van der Waals surface area contributed by atoms with Crippen molar-refractivity contribution in [3.63, 3.8) is 0 Å². The molecule has 0 aliphatic carbocycles. The van der Waals surface area contributed by atoms with Gasteiger partial charge in [0, 0.05) is 16.3 Å². The number of anilines is 1. The molecule has 9 nitrogen and oxygen atoms in total. The summed E-state index contributed by atoms with van der Waals surface area (Å²) >= 11 is 7.08. The number of carbonyl (C=O) groups excluding carboxylic acids is 3. The SMILES string of the molecule is O=C(Cc1ccccc1)NC1C(=O)N2C(C(=O)O)C(COC(=O)Nc3cccc(Cl)c3)=CS[C@@H]12. The predicted molar refractivity (Wildman–Crippen MR) is 126 cm³/mol. The Morgan fingerprint density at radius 3 is 2.59 bits per heavy atom. The number of amides is 3. The minimum atomic E-state index is -1.29. The standard InChI is InChI=1S/C23H20ClN3O6S/c24-15-7-4-8-16(10-15)25-23(32)33-11-14-12-34-21-18(20(29)27(21)19(14)22(30)31)26-17(28)9-13-5-2-1-3-6-13/h1-8,10,12,18-19,21H,9,11H2,(H,25,32)(H,26,28)(H,30,31)/t18?,19?,21-/m0/s1. The molecule has 2 unspecified atom stereocenters. The molecule has 3 amide bonds. The number of aliphatic carboxylic acids is 1. The van der Waals surface area contributed by atoms with Crippen LogP contribution in [0.4, 0.5) is 10.5 Å². The predicted octanol–water partition coefficient (Wildman–Crippen LogP) is 2.87. The second-order valence-electron chi connectivity index (χ2n) is 7.62. The number of fused-ring (bicyclic) bond motifs is 1. The summed E-state index contributed by atoms with van der Waals surface area (Å²) in [4.78, 5) is 50.3. The van der Waals surface area contributed by atoms with Crippen LogP contribution in [0.2, 0.25) is 5.02 Å². The van der Waals surface area contributed by atoms with Crippen LogP contribution in [0.25, 0.3) is 0 Å². The summed E-state index contributed by atoms with van der Waals surface area (Å²) in [5.41, 5.74) is 1.47. The number of thioether (sulfide) groups is 1. The molecule has 2 aromatic carbocycles. The number of halogens is 1. The first-order valence-electron chi connectivity index (χ1n) is 10.3. The fraction of sp³-hybridized carbons (Fsp3) is 0.217. The first-order valence-corrected chi connectivity index (χ1v) is 11.6. The van der Waals surface area contributed by atoms with Crippen LogP contribution in [0.15, 0.2) is 65.6 Å². The van der Waals surface area contributed by atoms with E-state index in [1.54, 1.807) is 23.6 Å². The van der Waals surface area contributed by atoms with Crippen molar-refractivity contribution in [3.05, 3.63) is 76.2 Å². The minimum Gasteiger partial charge on any atom is -0.479 e. The number of carboxylic acids is 1. The van der Waals surface area contributed by atoms with Crippen LogP contribution in [-0.2, 0) is 25.5 Å². The summed E-state index contributed by atoms with van der Waals surface area (Å²) in [6.45, 7) is -0.322. The minimum absolute atomic E-state index is 0.112. The van der Waals surface area contributed by atoms with Gasteiger partial charge in [-0.15, -0.1) is 11.8 Å². The van der Waals surface area contributed by atoms with E-state index in [1.165, 1.54) is 22.7 Å². The second kappa shape index (κ2) is 10.2. The van der Waals surface area contributed by atoms with Crippen LogP contribution < -0.4 is 10.6 Å². The van der Waals surface area contributed by atoms with Crippen LogP contribution >= 0.6 is 23.4 Å². The summed E-state index contributed by atoms with van der Waals surface area (Å²) in [7, 11) is 0. The van der Waals surface area contributed by atoms with Gasteiger partial charge in [0.05, 0.1) is 6.42 Å². The van der Waals surface area contributed by atoms with Crippen molar-refractivity contribution in [3.8, 4) is 0 Å². The molecule has 0 radical (unpaired) electrons. The van der Waals surface area contributed by atoms with E-state index in [0.717, 1.165) is 5.56 Å². The Kier molecular flexibility index (Phi) is 7.09. The Morgan fingerprint density at radius 1 is 1.12 bits per heavy atom. The quantitative estimate of drug-likeness (QED) is 0.498. The van der Waals surface area contributed by atoms with E-state index < -0.39 is 35.4 Å². The molecule has 3 atom stereocenters. The van der Waals surface area contributed by atoms with E-state index in [0.29, 0.717) is 10.7 Å². The van der Waals surface area contributed by atoms with Crippen molar-refractivity contribution < 1.29 is 29.0 Å². The highest BCUT2D eigenvalue weighted by Gasteiger charge is 2.55. The lowest BCUT2D eigenvalue weighted by Gasteiger charge is -2.51. The maximum absolute atomic E-state index is 12.7. The molecule has 176 valence electrons. The Morgan fingerprint density at radius 2 is 1.88 bits per heavy atom. The van der Waals surface area contributed by atoms with E-state index >= 15 is 0 Å². The first kappa shape index (κ1) is 23.7. The van der Waals surface area contributed by atoms with E-state index in [2.05, 4.69) is 10.6 Å². The summed E-state index contributed by atoms with van der Waals surface area (Å²) in [6.07, 6.45) is -0.679. The van der Waals surface area contributed by atoms with E-state index in [-0.39, 0.29) is 24.5 Å². The highest BCUT2D eigenvalue weighted by Crippen LogP contribution is 2.40. The highest BCUT2D eigenvalue weighted by molar-refractivity contribution is 8.02. The average molecular weight is 502 g/mol. The van der Waals surface area contributed by atoms with Gasteiger partial charge in [0.15, 0.2) is 6.04 Å². The maximum atomic E-state index is 12.7. The van der Waals surface area contributed by atoms with Crippen LogP contribution in [0.5, 0.6) is 0 Å². The second-order valence-corrected chi connectivity index (χ2v) is 9.05. The molecule has 0 aromatic heterocycles. The molecule has 1 saturated heterocycles. The zero-order chi connectivity index (χ0) is 24.2. The number of benzene rings is 2. The lowest BCUT2D eigenvalue weighted by atomic mass is 9.98. The van der Waals surface area contributed by atoms with Gasteiger partial charge in [-0.1, -0.05) is 48.0 Å². The van der Waals surface area contributed by atoms with Crippen molar-refractivity contribution in [1.29, 1.82) is 0 Å². The number of hydrogen-bond donors (Lipinski definition) is 3. The molecule has 11 heteroatoms. The average Bonchev–Trinajstić information content (AvgIpc) is 2.81. The molecule has 0 spiro atoms. The van der Waals surface area contributed by atoms with Crippen LogP contribution in [0, 0.1) is 0 Å². The largest absolute Gasteiger partial charge is 0.479 e.